The van der Waals surface area contributed by atoms with Gasteiger partial charge in [-0.15, -0.1) is 0 Å². The Morgan fingerprint density at radius 1 is 0.294 bits per heavy atom. The second kappa shape index (κ2) is 12.6. The molecule has 0 unspecified atom stereocenters. The summed E-state index contributed by atoms with van der Waals surface area (Å²) in [5.41, 5.74) is 12.6. The molecule has 242 valence electrons. The topological polar surface area (TPSA) is 38.7 Å². The molecule has 0 saturated heterocycles. The molecule has 3 nitrogen and oxygen atoms in total. The van der Waals surface area contributed by atoms with Crippen LogP contribution in [0.15, 0.2) is 176 Å². The van der Waals surface area contributed by atoms with Gasteiger partial charge in [-0.2, -0.15) is 0 Å². The fraction of sp³-hybridized carbons (Fsp3) is 0.0426. The number of nitrogens with zero attached hydrogens (tertiary/aromatic N) is 3. The van der Waals surface area contributed by atoms with Gasteiger partial charge in [0.1, 0.15) is 8.07 Å². The van der Waals surface area contributed by atoms with Crippen molar-refractivity contribution in [3.63, 3.8) is 0 Å². The maximum absolute atomic E-state index is 5.25. The van der Waals surface area contributed by atoms with E-state index in [0.717, 1.165) is 33.4 Å². The maximum Gasteiger partial charge on any atom is 0.164 e. The molecule has 9 rings (SSSR count). The Bertz CT molecular complexity index is 2530. The zero-order valence-electron chi connectivity index (χ0n) is 28.6. The summed E-state index contributed by atoms with van der Waals surface area (Å²) in [6.07, 6.45) is 0. The number of rotatable bonds is 6. The van der Waals surface area contributed by atoms with Gasteiger partial charge < -0.3 is 0 Å². The Morgan fingerprint density at radius 3 is 1.35 bits per heavy atom. The highest BCUT2D eigenvalue weighted by Gasteiger charge is 2.38. The summed E-state index contributed by atoms with van der Waals surface area (Å²) in [5.74, 6) is 1.98. The Hall–Kier alpha value is -6.23. The van der Waals surface area contributed by atoms with Gasteiger partial charge in [-0.1, -0.05) is 171 Å². The van der Waals surface area contributed by atoms with Crippen LogP contribution in [0.4, 0.5) is 0 Å². The highest BCUT2D eigenvalue weighted by Crippen LogP contribution is 2.37. The van der Waals surface area contributed by atoms with Crippen molar-refractivity contribution in [1.29, 1.82) is 0 Å². The van der Waals surface area contributed by atoms with E-state index in [1.807, 2.05) is 18.2 Å². The summed E-state index contributed by atoms with van der Waals surface area (Å²) >= 11 is 0. The molecule has 0 fully saturated rings. The van der Waals surface area contributed by atoms with Crippen LogP contribution in [-0.2, 0) is 0 Å². The van der Waals surface area contributed by atoms with Crippen molar-refractivity contribution in [3.05, 3.63) is 176 Å². The normalized spacial score (nSPS) is 12.7. The molecule has 0 bridgehead atoms. The van der Waals surface area contributed by atoms with E-state index in [4.69, 9.17) is 15.0 Å². The molecule has 0 saturated carbocycles. The van der Waals surface area contributed by atoms with E-state index in [1.54, 1.807) is 0 Å². The highest BCUT2D eigenvalue weighted by molar-refractivity contribution is 7.03. The lowest BCUT2D eigenvalue weighted by atomic mass is 9.94. The average Bonchev–Trinajstić information content (AvgIpc) is 3.43. The van der Waals surface area contributed by atoms with Crippen molar-refractivity contribution in [2.45, 2.75) is 13.1 Å². The third-order valence-corrected chi connectivity index (χ3v) is 13.7. The van der Waals surface area contributed by atoms with Crippen molar-refractivity contribution >= 4 is 18.4 Å². The van der Waals surface area contributed by atoms with E-state index >= 15 is 0 Å². The molecule has 51 heavy (non-hydrogen) atoms. The average molecular weight is 670 g/mol. The minimum atomic E-state index is -1.93. The molecular weight excluding hydrogens is 635 g/mol. The smallest absolute Gasteiger partial charge is 0.164 e. The van der Waals surface area contributed by atoms with Crippen LogP contribution in [0.1, 0.15) is 0 Å². The van der Waals surface area contributed by atoms with Crippen molar-refractivity contribution < 1.29 is 0 Å². The number of hydrogen-bond donors (Lipinski definition) is 0. The van der Waals surface area contributed by atoms with E-state index < -0.39 is 8.07 Å². The molecule has 0 N–H and O–H groups in total. The first-order valence-corrected chi connectivity index (χ1v) is 20.4. The van der Waals surface area contributed by atoms with Gasteiger partial charge in [-0.25, -0.2) is 15.0 Å². The fourth-order valence-electron chi connectivity index (χ4n) is 7.45. The Labute approximate surface area is 300 Å². The van der Waals surface area contributed by atoms with E-state index in [-0.39, 0.29) is 0 Å². The lowest BCUT2D eigenvalue weighted by molar-refractivity contribution is 1.07. The molecule has 0 aliphatic carbocycles. The zero-order valence-corrected chi connectivity index (χ0v) is 29.6. The third-order valence-electron chi connectivity index (χ3n) is 10.2. The monoisotopic (exact) mass is 669 g/mol. The van der Waals surface area contributed by atoms with E-state index in [9.17, 15) is 0 Å². The van der Waals surface area contributed by atoms with Crippen LogP contribution in [0.3, 0.4) is 0 Å². The Balaban J connectivity index is 1.21. The Kier molecular flexibility index (Phi) is 7.60. The summed E-state index contributed by atoms with van der Waals surface area (Å²) in [7, 11) is -1.93. The van der Waals surface area contributed by atoms with Gasteiger partial charge >= 0.3 is 0 Å². The predicted octanol–water partition coefficient (Wildman–Crippen LogP) is 10.7. The minimum Gasteiger partial charge on any atom is -0.208 e. The molecule has 1 aromatic heterocycles. The second-order valence-electron chi connectivity index (χ2n) is 13.7. The largest absolute Gasteiger partial charge is 0.208 e. The lowest BCUT2D eigenvalue weighted by Crippen LogP contribution is -2.49. The molecule has 4 heteroatoms. The molecule has 1 aliphatic heterocycles. The number of aromatic nitrogens is 3. The van der Waals surface area contributed by atoms with Crippen molar-refractivity contribution in [2.75, 3.05) is 0 Å². The first-order valence-electron chi connectivity index (χ1n) is 17.4. The van der Waals surface area contributed by atoms with Crippen LogP contribution in [0.5, 0.6) is 0 Å². The van der Waals surface area contributed by atoms with Crippen LogP contribution in [-0.4, -0.2) is 23.0 Å². The summed E-state index contributed by atoms with van der Waals surface area (Å²) in [5, 5.41) is 2.93. The number of benzene rings is 7. The summed E-state index contributed by atoms with van der Waals surface area (Å²) in [6, 6.07) is 62.4. The second-order valence-corrected chi connectivity index (χ2v) is 18.0. The molecule has 0 amide bonds. The van der Waals surface area contributed by atoms with E-state index in [2.05, 4.69) is 171 Å². The van der Waals surface area contributed by atoms with Gasteiger partial charge in [0, 0.05) is 16.7 Å². The molecule has 0 atom stereocenters. The van der Waals surface area contributed by atoms with Crippen LogP contribution in [0.2, 0.25) is 13.1 Å². The van der Waals surface area contributed by atoms with Gasteiger partial charge in [0.15, 0.2) is 17.5 Å². The molecular formula is C47H35N3Si. The standard InChI is InChI=1S/C47H35N3Si/c1-51(2)43-28-25-38(30-42(43)39-26-23-37(31-44(39)51)33-17-9-4-10-18-33)46-48-45(35-21-13-6-14-22-35)49-47(50-46)40-27-24-36(32-15-7-3-8-16-32)29-41(40)34-19-11-5-12-20-34/h3-31H,1-2H3. The van der Waals surface area contributed by atoms with E-state index in [1.165, 1.54) is 38.2 Å². The Morgan fingerprint density at radius 2 is 0.745 bits per heavy atom. The summed E-state index contributed by atoms with van der Waals surface area (Å²) in [4.78, 5) is 15.5. The van der Waals surface area contributed by atoms with E-state index in [0.29, 0.717) is 17.5 Å². The molecule has 0 radical (unpaired) electrons. The van der Waals surface area contributed by atoms with Crippen LogP contribution in [0, 0.1) is 0 Å². The van der Waals surface area contributed by atoms with Gasteiger partial charge in [0.25, 0.3) is 0 Å². The third kappa shape index (κ3) is 5.60. The van der Waals surface area contributed by atoms with Crippen molar-refractivity contribution in [1.82, 2.24) is 15.0 Å². The molecule has 8 aromatic rings. The van der Waals surface area contributed by atoms with Crippen molar-refractivity contribution in [2.24, 2.45) is 0 Å². The first-order chi connectivity index (χ1) is 25.0. The first kappa shape index (κ1) is 30.8. The number of hydrogen-bond acceptors (Lipinski definition) is 3. The SMILES string of the molecule is C[Si]1(C)c2ccc(-c3nc(-c4ccccc4)nc(-c4ccc(-c5ccccc5)cc4-c4ccccc4)n3)cc2-c2ccc(-c3ccccc3)cc21. The van der Waals surface area contributed by atoms with Gasteiger partial charge in [0.05, 0.1) is 0 Å². The highest BCUT2D eigenvalue weighted by atomic mass is 28.3. The summed E-state index contributed by atoms with van der Waals surface area (Å²) < 4.78 is 0. The minimum absolute atomic E-state index is 0.653. The zero-order chi connectivity index (χ0) is 34.4. The van der Waals surface area contributed by atoms with Crippen LogP contribution < -0.4 is 10.4 Å². The lowest BCUT2D eigenvalue weighted by Gasteiger charge is -2.19. The molecule has 0 spiro atoms. The van der Waals surface area contributed by atoms with Crippen molar-refractivity contribution in [3.8, 4) is 78.7 Å². The van der Waals surface area contributed by atoms with Gasteiger partial charge in [-0.05, 0) is 73.1 Å². The molecule has 2 heterocycles. The molecule has 1 aliphatic rings. The quantitative estimate of drug-likeness (QED) is 0.165. The fourth-order valence-corrected chi connectivity index (χ4v) is 10.5. The van der Waals surface area contributed by atoms with Gasteiger partial charge in [-0.3, -0.25) is 0 Å². The van der Waals surface area contributed by atoms with Gasteiger partial charge in [0.2, 0.25) is 0 Å². The van der Waals surface area contributed by atoms with Crippen LogP contribution in [0.25, 0.3) is 78.7 Å². The van der Waals surface area contributed by atoms with Crippen LogP contribution >= 0.6 is 0 Å². The predicted molar refractivity (Wildman–Crippen MR) is 215 cm³/mol. The molecule has 7 aromatic carbocycles. The summed E-state index contributed by atoms with van der Waals surface area (Å²) in [6.45, 7) is 4.93. The number of fused-ring (bicyclic) bond motifs is 3. The maximum atomic E-state index is 5.25.